The Morgan fingerprint density at radius 1 is 1.56 bits per heavy atom. The minimum atomic E-state index is -1.21. The van der Waals surface area contributed by atoms with Gasteiger partial charge in [-0.15, -0.1) is 12.3 Å². The van der Waals surface area contributed by atoms with Crippen LogP contribution in [-0.2, 0) is 19.1 Å². The maximum Gasteiger partial charge on any atom is 0.327 e. The molecule has 0 radical (unpaired) electrons. The van der Waals surface area contributed by atoms with Crippen molar-refractivity contribution in [1.82, 2.24) is 5.32 Å². The smallest absolute Gasteiger partial charge is 0.327 e. The second-order valence-corrected chi connectivity index (χ2v) is 4.43. The molecule has 98 valence electrons. The summed E-state index contributed by atoms with van der Waals surface area (Å²) < 4.78 is 4.74. The highest BCUT2D eigenvalue weighted by Gasteiger charge is 2.49. The van der Waals surface area contributed by atoms with Crippen LogP contribution in [0.3, 0.4) is 0 Å². The molecule has 2 N–H and O–H groups in total. The molecule has 0 aromatic carbocycles. The Balaban J connectivity index is 2.63. The average molecular weight is 253 g/mol. The Bertz CT molecular complexity index is 409. The third kappa shape index (κ3) is 2.80. The number of nitrogens with one attached hydrogen (secondary N) is 1. The number of carbonyl (C=O) groups is 3. The number of esters is 1. The molecule has 0 unspecified atom stereocenters. The first-order valence-electron chi connectivity index (χ1n) is 5.55. The van der Waals surface area contributed by atoms with Crippen molar-refractivity contribution in [3.05, 3.63) is 0 Å². The van der Waals surface area contributed by atoms with Crippen molar-refractivity contribution in [2.24, 2.45) is 11.8 Å². The first-order valence-corrected chi connectivity index (χ1v) is 5.55. The van der Waals surface area contributed by atoms with Crippen molar-refractivity contribution in [1.29, 1.82) is 0 Å². The maximum absolute atomic E-state index is 11.8. The molecule has 0 aliphatic carbocycles. The molecule has 1 aliphatic heterocycles. The van der Waals surface area contributed by atoms with Crippen LogP contribution in [-0.4, -0.2) is 35.1 Å². The van der Waals surface area contributed by atoms with Crippen molar-refractivity contribution >= 4 is 17.8 Å². The van der Waals surface area contributed by atoms with Crippen LogP contribution < -0.4 is 5.32 Å². The minimum Gasteiger partial charge on any atom is -0.480 e. The molecule has 1 heterocycles. The lowest BCUT2D eigenvalue weighted by Crippen LogP contribution is -2.58. The molecule has 1 rings (SSSR count). The van der Waals surface area contributed by atoms with Crippen molar-refractivity contribution in [3.8, 4) is 12.3 Å². The summed E-state index contributed by atoms with van der Waals surface area (Å²) in [5, 5.41) is 11.1. The van der Waals surface area contributed by atoms with Crippen molar-refractivity contribution < 1.29 is 24.2 Å². The van der Waals surface area contributed by atoms with Crippen LogP contribution >= 0.6 is 0 Å². The highest BCUT2D eigenvalue weighted by atomic mass is 16.6. The molecular formula is C12H15NO5. The fourth-order valence-corrected chi connectivity index (χ4v) is 1.74. The molecular weight excluding hydrogens is 238 g/mol. The SMILES string of the molecule is C#CC[C@H](NC(=O)[C@@H]1OC(=O)[C@H]1C(C)C)C(=O)O. The predicted octanol–water partition coefficient (Wildman–Crippen LogP) is -0.223. The summed E-state index contributed by atoms with van der Waals surface area (Å²) in [7, 11) is 0. The van der Waals surface area contributed by atoms with Crippen LogP contribution in [0, 0.1) is 24.2 Å². The molecule has 18 heavy (non-hydrogen) atoms. The van der Waals surface area contributed by atoms with Gasteiger partial charge < -0.3 is 15.2 Å². The lowest BCUT2D eigenvalue weighted by molar-refractivity contribution is -0.192. The Hall–Kier alpha value is -2.03. The molecule has 0 spiro atoms. The van der Waals surface area contributed by atoms with Gasteiger partial charge in [-0.3, -0.25) is 9.59 Å². The van der Waals surface area contributed by atoms with Crippen LogP contribution in [0.15, 0.2) is 0 Å². The molecule has 6 heteroatoms. The van der Waals surface area contributed by atoms with E-state index in [1.165, 1.54) is 0 Å². The number of carbonyl (C=O) groups excluding carboxylic acids is 2. The summed E-state index contributed by atoms with van der Waals surface area (Å²) in [5.41, 5.74) is 0. The number of carboxylic acids is 1. The van der Waals surface area contributed by atoms with E-state index in [4.69, 9.17) is 16.3 Å². The number of aliphatic carboxylic acids is 1. The monoisotopic (exact) mass is 253 g/mol. The number of rotatable bonds is 5. The number of ether oxygens (including phenoxy) is 1. The summed E-state index contributed by atoms with van der Waals surface area (Å²) >= 11 is 0. The Kier molecular flexibility index (Phi) is 4.32. The molecule has 1 saturated heterocycles. The Morgan fingerprint density at radius 2 is 2.17 bits per heavy atom. The van der Waals surface area contributed by atoms with Gasteiger partial charge in [0.05, 0.1) is 0 Å². The number of cyclic esters (lactones) is 1. The highest BCUT2D eigenvalue weighted by molar-refractivity contribution is 5.95. The Morgan fingerprint density at radius 3 is 2.56 bits per heavy atom. The predicted molar refractivity (Wildman–Crippen MR) is 61.2 cm³/mol. The summed E-state index contributed by atoms with van der Waals surface area (Å²) in [6.07, 6.45) is 3.98. The van der Waals surface area contributed by atoms with Crippen molar-refractivity contribution in [3.63, 3.8) is 0 Å². The van der Waals surface area contributed by atoms with E-state index in [-0.39, 0.29) is 12.3 Å². The van der Waals surface area contributed by atoms with E-state index in [1.54, 1.807) is 13.8 Å². The van der Waals surface area contributed by atoms with Gasteiger partial charge in [-0.25, -0.2) is 4.79 Å². The van der Waals surface area contributed by atoms with Gasteiger partial charge in [-0.05, 0) is 5.92 Å². The number of carboxylic acid groups (broad SMARTS) is 1. The van der Waals surface area contributed by atoms with E-state index in [9.17, 15) is 14.4 Å². The Labute approximate surface area is 105 Å². The van der Waals surface area contributed by atoms with Gasteiger partial charge in [0.1, 0.15) is 12.0 Å². The van der Waals surface area contributed by atoms with E-state index in [1.807, 2.05) is 0 Å². The molecule has 1 aliphatic rings. The number of hydrogen-bond acceptors (Lipinski definition) is 4. The number of hydrogen-bond donors (Lipinski definition) is 2. The zero-order valence-electron chi connectivity index (χ0n) is 10.2. The van der Waals surface area contributed by atoms with Gasteiger partial charge in [0.25, 0.3) is 5.91 Å². The summed E-state index contributed by atoms with van der Waals surface area (Å²) in [4.78, 5) is 33.8. The van der Waals surface area contributed by atoms with Gasteiger partial charge in [-0.1, -0.05) is 13.8 Å². The van der Waals surface area contributed by atoms with Gasteiger partial charge in [0.2, 0.25) is 0 Å². The van der Waals surface area contributed by atoms with E-state index < -0.39 is 35.9 Å². The zero-order valence-corrected chi connectivity index (χ0v) is 10.2. The summed E-state index contributed by atoms with van der Waals surface area (Å²) in [6, 6.07) is -1.16. The highest BCUT2D eigenvalue weighted by Crippen LogP contribution is 2.29. The first-order chi connectivity index (χ1) is 8.38. The largest absolute Gasteiger partial charge is 0.480 e. The second kappa shape index (κ2) is 5.54. The van der Waals surface area contributed by atoms with Gasteiger partial charge >= 0.3 is 11.9 Å². The molecule has 0 saturated carbocycles. The molecule has 1 amide bonds. The van der Waals surface area contributed by atoms with Crippen LogP contribution in [0.1, 0.15) is 20.3 Å². The van der Waals surface area contributed by atoms with Crippen LogP contribution in [0.5, 0.6) is 0 Å². The second-order valence-electron chi connectivity index (χ2n) is 4.43. The lowest BCUT2D eigenvalue weighted by Gasteiger charge is -2.36. The van der Waals surface area contributed by atoms with E-state index in [2.05, 4.69) is 11.2 Å². The summed E-state index contributed by atoms with van der Waals surface area (Å²) in [6.45, 7) is 3.59. The van der Waals surface area contributed by atoms with E-state index in [0.717, 1.165) is 0 Å². The zero-order chi connectivity index (χ0) is 13.9. The van der Waals surface area contributed by atoms with E-state index >= 15 is 0 Å². The van der Waals surface area contributed by atoms with Crippen LogP contribution in [0.4, 0.5) is 0 Å². The van der Waals surface area contributed by atoms with Crippen molar-refractivity contribution in [2.45, 2.75) is 32.4 Å². The normalized spacial score (nSPS) is 23.6. The quantitative estimate of drug-likeness (QED) is 0.522. The molecule has 0 bridgehead atoms. The molecule has 6 nitrogen and oxygen atoms in total. The van der Waals surface area contributed by atoms with Gasteiger partial charge in [0.15, 0.2) is 6.10 Å². The first kappa shape index (κ1) is 14.0. The fraction of sp³-hybridized carbons (Fsp3) is 0.583. The number of terminal acetylenes is 1. The molecule has 3 atom stereocenters. The van der Waals surface area contributed by atoms with Crippen molar-refractivity contribution in [2.75, 3.05) is 0 Å². The standard InChI is InChI=1S/C12H15NO5/c1-4-5-7(11(15)16)13-10(14)9-8(6(2)3)12(17)18-9/h1,6-9H,5H2,2-3H3,(H,13,14)(H,15,16)/t7-,8-,9+/m0/s1. The third-order valence-corrected chi connectivity index (χ3v) is 2.75. The number of amides is 1. The van der Waals surface area contributed by atoms with Crippen LogP contribution in [0.25, 0.3) is 0 Å². The van der Waals surface area contributed by atoms with Gasteiger partial charge in [0, 0.05) is 6.42 Å². The maximum atomic E-state index is 11.8. The van der Waals surface area contributed by atoms with E-state index in [0.29, 0.717) is 0 Å². The molecule has 1 fully saturated rings. The topological polar surface area (TPSA) is 92.7 Å². The van der Waals surface area contributed by atoms with Crippen LogP contribution in [0.2, 0.25) is 0 Å². The fourth-order valence-electron chi connectivity index (χ4n) is 1.74. The lowest BCUT2D eigenvalue weighted by atomic mass is 9.85. The summed E-state index contributed by atoms with van der Waals surface area (Å²) in [5.74, 6) is -0.663. The molecule has 0 aromatic rings. The molecule has 0 aromatic heterocycles. The average Bonchev–Trinajstić information content (AvgIpc) is 2.23. The third-order valence-electron chi connectivity index (χ3n) is 2.75. The van der Waals surface area contributed by atoms with Gasteiger partial charge in [-0.2, -0.15) is 0 Å². The minimum absolute atomic E-state index is 0.0436.